The van der Waals surface area contributed by atoms with Gasteiger partial charge in [0.05, 0.1) is 23.7 Å². The third-order valence-corrected chi connectivity index (χ3v) is 5.76. The molecule has 8 heteroatoms. The van der Waals surface area contributed by atoms with Gasteiger partial charge in [-0.15, -0.1) is 0 Å². The van der Waals surface area contributed by atoms with Gasteiger partial charge in [-0.3, -0.25) is 4.68 Å². The Morgan fingerprint density at radius 2 is 2.00 bits per heavy atom. The Morgan fingerprint density at radius 1 is 1.24 bits per heavy atom. The van der Waals surface area contributed by atoms with Crippen LogP contribution in [-0.4, -0.2) is 45.3 Å². The molecular formula is C17H25N5O2S. The van der Waals surface area contributed by atoms with Gasteiger partial charge in [-0.25, -0.2) is 18.4 Å². The topological polar surface area (TPSA) is 81.0 Å². The SMILES string of the molecule is Cc1cc(-c2ccnn2C(C)C)nc(C2CCCCN2S(C)(=O)=O)n1. The molecule has 1 aliphatic heterocycles. The normalized spacial score (nSPS) is 19.5. The second kappa shape index (κ2) is 6.84. The van der Waals surface area contributed by atoms with Gasteiger partial charge in [0.25, 0.3) is 0 Å². The van der Waals surface area contributed by atoms with Crippen LogP contribution in [0.1, 0.15) is 56.7 Å². The molecule has 0 amide bonds. The summed E-state index contributed by atoms with van der Waals surface area (Å²) in [6, 6.07) is 3.78. The minimum atomic E-state index is -3.29. The smallest absolute Gasteiger partial charge is 0.211 e. The number of aryl methyl sites for hydroxylation is 1. The minimum Gasteiger partial charge on any atom is -0.261 e. The number of rotatable bonds is 4. The monoisotopic (exact) mass is 363 g/mol. The summed E-state index contributed by atoms with van der Waals surface area (Å²) in [6.45, 7) is 6.58. The van der Waals surface area contributed by atoms with Crippen molar-refractivity contribution in [1.29, 1.82) is 0 Å². The predicted molar refractivity (Wildman–Crippen MR) is 96.5 cm³/mol. The van der Waals surface area contributed by atoms with Crippen molar-refractivity contribution < 1.29 is 8.42 Å². The molecule has 1 aliphatic rings. The Morgan fingerprint density at radius 3 is 2.68 bits per heavy atom. The van der Waals surface area contributed by atoms with E-state index in [1.807, 2.05) is 23.7 Å². The summed E-state index contributed by atoms with van der Waals surface area (Å²) in [7, 11) is -3.29. The summed E-state index contributed by atoms with van der Waals surface area (Å²) < 4.78 is 27.8. The average Bonchev–Trinajstić information content (AvgIpc) is 3.03. The molecule has 1 fully saturated rings. The minimum absolute atomic E-state index is 0.214. The summed E-state index contributed by atoms with van der Waals surface area (Å²) >= 11 is 0. The zero-order chi connectivity index (χ0) is 18.2. The zero-order valence-electron chi connectivity index (χ0n) is 15.2. The standard InChI is InChI=1S/C17H25N5O2S/c1-12(2)22-15(8-9-18-22)14-11-13(3)19-17(20-14)16-7-5-6-10-21(16)25(4,23)24/h8-9,11-12,16H,5-7,10H2,1-4H3. The molecule has 3 heterocycles. The van der Waals surface area contributed by atoms with E-state index in [0.29, 0.717) is 12.4 Å². The Bertz CT molecular complexity index is 860. The van der Waals surface area contributed by atoms with Crippen LogP contribution in [0.3, 0.4) is 0 Å². The number of sulfonamides is 1. The van der Waals surface area contributed by atoms with Crippen LogP contribution in [0.5, 0.6) is 0 Å². The highest BCUT2D eigenvalue weighted by Gasteiger charge is 2.32. The van der Waals surface area contributed by atoms with E-state index in [9.17, 15) is 8.42 Å². The number of nitrogens with zero attached hydrogens (tertiary/aromatic N) is 5. The molecule has 1 saturated heterocycles. The first-order valence-electron chi connectivity index (χ1n) is 8.63. The molecule has 136 valence electrons. The maximum absolute atomic E-state index is 12.2. The van der Waals surface area contributed by atoms with Crippen LogP contribution >= 0.6 is 0 Å². The number of hydrogen-bond donors (Lipinski definition) is 0. The van der Waals surface area contributed by atoms with E-state index in [-0.39, 0.29) is 12.1 Å². The largest absolute Gasteiger partial charge is 0.261 e. The summed E-state index contributed by atoms with van der Waals surface area (Å²) in [4.78, 5) is 9.29. The molecular weight excluding hydrogens is 338 g/mol. The average molecular weight is 363 g/mol. The van der Waals surface area contributed by atoms with Gasteiger partial charge in [-0.2, -0.15) is 9.40 Å². The van der Waals surface area contributed by atoms with Crippen LogP contribution in [-0.2, 0) is 10.0 Å². The number of piperidine rings is 1. The molecule has 0 bridgehead atoms. The third kappa shape index (κ3) is 3.74. The van der Waals surface area contributed by atoms with Crippen molar-refractivity contribution in [3.05, 3.63) is 29.8 Å². The van der Waals surface area contributed by atoms with Gasteiger partial charge in [0.1, 0.15) is 5.82 Å². The van der Waals surface area contributed by atoms with Crippen molar-refractivity contribution in [2.45, 2.75) is 52.1 Å². The molecule has 0 aliphatic carbocycles. The fourth-order valence-corrected chi connectivity index (χ4v) is 4.48. The van der Waals surface area contributed by atoms with Crippen LogP contribution in [0.2, 0.25) is 0 Å². The lowest BCUT2D eigenvalue weighted by Gasteiger charge is -2.32. The molecule has 0 aromatic carbocycles. The lowest BCUT2D eigenvalue weighted by molar-refractivity contribution is 0.248. The van der Waals surface area contributed by atoms with Crippen molar-refractivity contribution >= 4 is 10.0 Å². The maximum Gasteiger partial charge on any atom is 0.211 e. The first-order chi connectivity index (χ1) is 11.8. The maximum atomic E-state index is 12.2. The summed E-state index contributed by atoms with van der Waals surface area (Å²) in [6.07, 6.45) is 5.63. The first kappa shape index (κ1) is 18.0. The molecule has 2 aromatic heterocycles. The summed E-state index contributed by atoms with van der Waals surface area (Å²) in [5.74, 6) is 0.580. The van der Waals surface area contributed by atoms with Gasteiger partial charge in [-0.05, 0) is 45.7 Å². The van der Waals surface area contributed by atoms with E-state index in [2.05, 4.69) is 23.9 Å². The van der Waals surface area contributed by atoms with Crippen molar-refractivity contribution in [2.24, 2.45) is 0 Å². The van der Waals surface area contributed by atoms with Crippen LogP contribution < -0.4 is 0 Å². The highest BCUT2D eigenvalue weighted by atomic mass is 32.2. The molecule has 7 nitrogen and oxygen atoms in total. The van der Waals surface area contributed by atoms with E-state index in [1.165, 1.54) is 10.6 Å². The predicted octanol–water partition coefficient (Wildman–Crippen LogP) is 2.72. The Labute approximate surface area is 149 Å². The van der Waals surface area contributed by atoms with Gasteiger partial charge in [0, 0.05) is 24.5 Å². The molecule has 0 radical (unpaired) electrons. The molecule has 3 rings (SSSR count). The second-order valence-electron chi connectivity index (χ2n) is 6.89. The molecule has 0 saturated carbocycles. The van der Waals surface area contributed by atoms with Gasteiger partial charge >= 0.3 is 0 Å². The van der Waals surface area contributed by atoms with E-state index < -0.39 is 10.0 Å². The number of aromatic nitrogens is 4. The highest BCUT2D eigenvalue weighted by Crippen LogP contribution is 2.32. The Hall–Kier alpha value is -1.80. The van der Waals surface area contributed by atoms with Crippen LogP contribution in [0, 0.1) is 6.92 Å². The van der Waals surface area contributed by atoms with Gasteiger partial charge in [0.2, 0.25) is 10.0 Å². The van der Waals surface area contributed by atoms with E-state index >= 15 is 0 Å². The lowest BCUT2D eigenvalue weighted by atomic mass is 10.0. The molecule has 0 spiro atoms. The summed E-state index contributed by atoms with van der Waals surface area (Å²) in [5.41, 5.74) is 2.53. The van der Waals surface area contributed by atoms with Crippen molar-refractivity contribution in [2.75, 3.05) is 12.8 Å². The zero-order valence-corrected chi connectivity index (χ0v) is 16.0. The molecule has 0 N–H and O–H groups in total. The van der Waals surface area contributed by atoms with Gasteiger partial charge in [-0.1, -0.05) is 6.42 Å². The van der Waals surface area contributed by atoms with E-state index in [4.69, 9.17) is 4.98 Å². The number of hydrogen-bond acceptors (Lipinski definition) is 5. The molecule has 1 unspecified atom stereocenters. The quantitative estimate of drug-likeness (QED) is 0.834. The fraction of sp³-hybridized carbons (Fsp3) is 0.588. The van der Waals surface area contributed by atoms with Crippen molar-refractivity contribution in [3.8, 4) is 11.4 Å². The van der Waals surface area contributed by atoms with Crippen LogP contribution in [0.25, 0.3) is 11.4 Å². The van der Waals surface area contributed by atoms with Gasteiger partial charge < -0.3 is 0 Å². The third-order valence-electron chi connectivity index (χ3n) is 4.47. The Balaban J connectivity index is 2.06. The Kier molecular flexibility index (Phi) is 4.92. The van der Waals surface area contributed by atoms with E-state index in [0.717, 1.165) is 36.3 Å². The molecule has 1 atom stereocenters. The van der Waals surface area contributed by atoms with Gasteiger partial charge in [0.15, 0.2) is 0 Å². The fourth-order valence-electron chi connectivity index (χ4n) is 3.36. The molecule has 2 aromatic rings. The van der Waals surface area contributed by atoms with Crippen LogP contribution in [0.15, 0.2) is 18.3 Å². The van der Waals surface area contributed by atoms with Crippen molar-refractivity contribution in [3.63, 3.8) is 0 Å². The molecule has 25 heavy (non-hydrogen) atoms. The lowest BCUT2D eigenvalue weighted by Crippen LogP contribution is -2.38. The second-order valence-corrected chi connectivity index (χ2v) is 8.83. The first-order valence-corrected chi connectivity index (χ1v) is 10.5. The van der Waals surface area contributed by atoms with E-state index in [1.54, 1.807) is 6.20 Å². The van der Waals surface area contributed by atoms with Crippen molar-refractivity contribution in [1.82, 2.24) is 24.1 Å². The van der Waals surface area contributed by atoms with Crippen LogP contribution in [0.4, 0.5) is 0 Å². The summed E-state index contributed by atoms with van der Waals surface area (Å²) in [5, 5.41) is 4.37. The highest BCUT2D eigenvalue weighted by molar-refractivity contribution is 7.88.